The van der Waals surface area contributed by atoms with E-state index in [1.54, 1.807) is 21.7 Å². The Labute approximate surface area is 226 Å². The summed E-state index contributed by atoms with van der Waals surface area (Å²) in [5.74, 6) is 0.0543. The molecule has 0 radical (unpaired) electrons. The molecule has 2 heterocycles. The van der Waals surface area contributed by atoms with Gasteiger partial charge in [0, 0.05) is 49.4 Å². The van der Waals surface area contributed by atoms with Crippen LogP contribution in [0.1, 0.15) is 54.9 Å². The van der Waals surface area contributed by atoms with Gasteiger partial charge in [-0.15, -0.1) is 0 Å². The molecule has 1 aliphatic heterocycles. The van der Waals surface area contributed by atoms with Gasteiger partial charge in [0.25, 0.3) is 5.91 Å². The van der Waals surface area contributed by atoms with E-state index < -0.39 is 11.7 Å². The number of hydrogen-bond acceptors (Lipinski definition) is 4. The normalized spacial score (nSPS) is 14.9. The van der Waals surface area contributed by atoms with E-state index in [1.807, 2.05) is 20.8 Å². The van der Waals surface area contributed by atoms with E-state index in [0.29, 0.717) is 17.4 Å². The molecule has 0 atom stereocenters. The second-order valence-electron chi connectivity index (χ2n) is 10.5. The van der Waals surface area contributed by atoms with Crippen molar-refractivity contribution in [3.8, 4) is 5.69 Å². The number of alkyl halides is 3. The molecule has 0 bridgehead atoms. The zero-order valence-corrected chi connectivity index (χ0v) is 23.0. The van der Waals surface area contributed by atoms with Crippen molar-refractivity contribution in [1.29, 1.82) is 0 Å². The van der Waals surface area contributed by atoms with Crippen LogP contribution in [0.3, 0.4) is 0 Å². The van der Waals surface area contributed by atoms with Gasteiger partial charge in [0.05, 0.1) is 23.5 Å². The number of carbonyl (C=O) groups is 1. The fourth-order valence-electron chi connectivity index (χ4n) is 4.92. The summed E-state index contributed by atoms with van der Waals surface area (Å²) < 4.78 is 55.1. The fraction of sp³-hybridized carbons (Fsp3) is 0.448. The summed E-state index contributed by atoms with van der Waals surface area (Å²) >= 11 is 0. The number of benzene rings is 2. The Kier molecular flexibility index (Phi) is 8.34. The first kappa shape index (κ1) is 28.6. The van der Waals surface area contributed by atoms with Gasteiger partial charge >= 0.3 is 6.18 Å². The van der Waals surface area contributed by atoms with E-state index in [9.17, 15) is 22.4 Å². The van der Waals surface area contributed by atoms with Crippen LogP contribution >= 0.6 is 0 Å². The summed E-state index contributed by atoms with van der Waals surface area (Å²) in [5.41, 5.74) is 1.48. The SMILES string of the molecule is Cc1nn(-c2cccc(F)c2)c(N2CCN(C(C)C)CC2)c1CN(C(=O)c1ccc(C(F)(F)F)cc1)C(C)C. The molecule has 0 N–H and O–H groups in total. The van der Waals surface area contributed by atoms with Crippen LogP contribution in [0.5, 0.6) is 0 Å². The van der Waals surface area contributed by atoms with Crippen molar-refractivity contribution in [1.82, 2.24) is 19.6 Å². The molecule has 6 nitrogen and oxygen atoms in total. The van der Waals surface area contributed by atoms with Gasteiger partial charge in [-0.3, -0.25) is 9.69 Å². The van der Waals surface area contributed by atoms with Gasteiger partial charge in [-0.1, -0.05) is 6.07 Å². The van der Waals surface area contributed by atoms with Gasteiger partial charge < -0.3 is 9.80 Å². The maximum absolute atomic E-state index is 14.2. The van der Waals surface area contributed by atoms with Gasteiger partial charge in [0.1, 0.15) is 11.6 Å². The van der Waals surface area contributed by atoms with Crippen LogP contribution < -0.4 is 4.90 Å². The molecule has 1 aromatic heterocycles. The van der Waals surface area contributed by atoms with E-state index in [4.69, 9.17) is 5.10 Å². The highest BCUT2D eigenvalue weighted by Gasteiger charge is 2.32. The molecule has 10 heteroatoms. The number of rotatable bonds is 7. The molecular weight excluding hydrogens is 510 g/mol. The molecule has 39 heavy (non-hydrogen) atoms. The van der Waals surface area contributed by atoms with Crippen LogP contribution in [0.4, 0.5) is 23.4 Å². The molecule has 0 unspecified atom stereocenters. The van der Waals surface area contributed by atoms with Crippen molar-refractivity contribution in [2.24, 2.45) is 0 Å². The highest BCUT2D eigenvalue weighted by atomic mass is 19.4. The minimum absolute atomic E-state index is 0.180. The van der Waals surface area contributed by atoms with Crippen LogP contribution in [-0.2, 0) is 12.7 Å². The predicted octanol–water partition coefficient (Wildman–Crippen LogP) is 5.92. The lowest BCUT2D eigenvalue weighted by atomic mass is 10.1. The third-order valence-corrected chi connectivity index (χ3v) is 7.23. The number of anilines is 1. The maximum atomic E-state index is 14.2. The number of nitrogens with zero attached hydrogens (tertiary/aromatic N) is 5. The molecular formula is C29H35F4N5O. The molecule has 1 fully saturated rings. The van der Waals surface area contributed by atoms with E-state index in [1.165, 1.54) is 24.3 Å². The van der Waals surface area contributed by atoms with E-state index in [-0.39, 0.29) is 29.9 Å². The van der Waals surface area contributed by atoms with E-state index >= 15 is 0 Å². The van der Waals surface area contributed by atoms with Gasteiger partial charge in [-0.25, -0.2) is 9.07 Å². The van der Waals surface area contributed by atoms with Gasteiger partial charge in [-0.2, -0.15) is 18.3 Å². The number of aryl methyl sites for hydroxylation is 1. The fourth-order valence-corrected chi connectivity index (χ4v) is 4.92. The van der Waals surface area contributed by atoms with Crippen molar-refractivity contribution in [3.05, 3.63) is 76.7 Å². The molecule has 0 aliphatic carbocycles. The Morgan fingerprint density at radius 3 is 2.18 bits per heavy atom. The maximum Gasteiger partial charge on any atom is 0.416 e. The summed E-state index contributed by atoms with van der Waals surface area (Å²) in [5, 5.41) is 4.77. The molecule has 210 valence electrons. The summed E-state index contributed by atoms with van der Waals surface area (Å²) in [7, 11) is 0. The molecule has 3 aromatic rings. The second-order valence-corrected chi connectivity index (χ2v) is 10.5. The average Bonchev–Trinajstić information content (AvgIpc) is 3.22. The Balaban J connectivity index is 1.72. The first-order valence-electron chi connectivity index (χ1n) is 13.2. The van der Waals surface area contributed by atoms with Crippen LogP contribution in [0.15, 0.2) is 48.5 Å². The molecule has 1 aliphatic rings. The lowest BCUT2D eigenvalue weighted by Gasteiger charge is -2.39. The Morgan fingerprint density at radius 1 is 1.00 bits per heavy atom. The quantitative estimate of drug-likeness (QED) is 0.346. The van der Waals surface area contributed by atoms with E-state index in [0.717, 1.165) is 49.7 Å². The molecule has 1 amide bonds. The first-order valence-corrected chi connectivity index (χ1v) is 13.2. The highest BCUT2D eigenvalue weighted by molar-refractivity contribution is 5.94. The van der Waals surface area contributed by atoms with Crippen LogP contribution in [0.2, 0.25) is 0 Å². The van der Waals surface area contributed by atoms with Crippen molar-refractivity contribution in [2.45, 2.75) is 59.4 Å². The summed E-state index contributed by atoms with van der Waals surface area (Å²) in [6.07, 6.45) is -4.48. The monoisotopic (exact) mass is 545 g/mol. The minimum atomic E-state index is -4.48. The average molecular weight is 546 g/mol. The Morgan fingerprint density at radius 2 is 1.64 bits per heavy atom. The van der Waals surface area contributed by atoms with Gasteiger partial charge in [-0.05, 0) is 77.1 Å². The third-order valence-electron chi connectivity index (χ3n) is 7.23. The van der Waals surface area contributed by atoms with Crippen molar-refractivity contribution in [2.75, 3.05) is 31.1 Å². The zero-order chi connectivity index (χ0) is 28.5. The van der Waals surface area contributed by atoms with Crippen molar-refractivity contribution in [3.63, 3.8) is 0 Å². The van der Waals surface area contributed by atoms with E-state index in [2.05, 4.69) is 23.6 Å². The van der Waals surface area contributed by atoms with Crippen LogP contribution in [0.25, 0.3) is 5.69 Å². The number of halogens is 4. The molecule has 0 spiro atoms. The molecule has 0 saturated carbocycles. The first-order chi connectivity index (χ1) is 18.4. The third kappa shape index (κ3) is 6.27. The Bertz CT molecular complexity index is 1290. The topological polar surface area (TPSA) is 44.6 Å². The predicted molar refractivity (Wildman–Crippen MR) is 144 cm³/mol. The summed E-state index contributed by atoms with van der Waals surface area (Å²) in [4.78, 5) is 19.8. The second kappa shape index (κ2) is 11.4. The minimum Gasteiger partial charge on any atom is -0.354 e. The summed E-state index contributed by atoms with van der Waals surface area (Å²) in [6, 6.07) is 10.7. The smallest absolute Gasteiger partial charge is 0.354 e. The largest absolute Gasteiger partial charge is 0.416 e. The molecule has 2 aromatic carbocycles. The molecule has 4 rings (SSSR count). The zero-order valence-electron chi connectivity index (χ0n) is 23.0. The highest BCUT2D eigenvalue weighted by Crippen LogP contribution is 2.32. The van der Waals surface area contributed by atoms with Crippen molar-refractivity contribution >= 4 is 11.7 Å². The lowest BCUT2D eigenvalue weighted by molar-refractivity contribution is -0.137. The number of carbonyl (C=O) groups excluding carboxylic acids is 1. The van der Waals surface area contributed by atoms with Crippen LogP contribution in [-0.4, -0.2) is 63.8 Å². The number of hydrogen-bond donors (Lipinski definition) is 0. The van der Waals surface area contributed by atoms with Gasteiger partial charge in [0.15, 0.2) is 0 Å². The Hall–Kier alpha value is -3.40. The van der Waals surface area contributed by atoms with Crippen molar-refractivity contribution < 1.29 is 22.4 Å². The van der Waals surface area contributed by atoms with Crippen LogP contribution in [0, 0.1) is 12.7 Å². The number of amides is 1. The molecule has 1 saturated heterocycles. The summed E-state index contributed by atoms with van der Waals surface area (Å²) in [6.45, 7) is 13.3. The number of piperazine rings is 1. The number of aromatic nitrogens is 2. The standard InChI is InChI=1S/C29H35F4N5O/c1-19(2)35-13-15-36(16-14-35)27-26(21(5)34-38(27)25-8-6-7-24(30)17-25)18-37(20(3)4)28(39)22-9-11-23(12-10-22)29(31,32)33/h6-12,17,19-20H,13-16,18H2,1-5H3. The van der Waals surface area contributed by atoms with Gasteiger partial charge in [0.2, 0.25) is 0 Å². The lowest BCUT2D eigenvalue weighted by Crippen LogP contribution is -2.49.